The molecule has 0 unspecified atom stereocenters. The minimum absolute atomic E-state index is 0. The Kier molecular flexibility index (Phi) is 7.91. The van der Waals surface area contributed by atoms with Crippen molar-refractivity contribution in [3.05, 3.63) is 18.2 Å². The summed E-state index contributed by atoms with van der Waals surface area (Å²) in [7, 11) is -3.73. The summed E-state index contributed by atoms with van der Waals surface area (Å²) in [6.07, 6.45) is 0. The third-order valence-electron chi connectivity index (χ3n) is 3.30. The van der Waals surface area contributed by atoms with Gasteiger partial charge in [-0.15, -0.1) is 12.4 Å². The molecule has 8 nitrogen and oxygen atoms in total. The Labute approximate surface area is 147 Å². The van der Waals surface area contributed by atoms with Crippen LogP contribution in [0.5, 0.6) is 5.75 Å². The molecule has 0 saturated carbocycles. The SMILES string of the molecule is CCOc1ccc(NC(=O)CN)cc1S(=O)(=O)N1CCOCC1.Cl. The summed E-state index contributed by atoms with van der Waals surface area (Å²) >= 11 is 0. The standard InChI is InChI=1S/C14H21N3O5S.ClH/c1-2-22-12-4-3-11(16-14(18)10-15)9-13(12)23(19,20)17-5-7-21-8-6-17;/h3-4,9H,2,5-8,10,15H2,1H3,(H,16,18);1H. The fourth-order valence-corrected chi connectivity index (χ4v) is 3.77. The van der Waals surface area contributed by atoms with Crippen molar-refractivity contribution in [3.8, 4) is 5.75 Å². The molecule has 1 fully saturated rings. The van der Waals surface area contributed by atoms with Gasteiger partial charge in [0.1, 0.15) is 10.6 Å². The average molecular weight is 380 g/mol. The van der Waals surface area contributed by atoms with E-state index in [2.05, 4.69) is 5.32 Å². The Bertz CT molecular complexity index is 662. The van der Waals surface area contributed by atoms with E-state index in [0.717, 1.165) is 0 Å². The number of nitrogens with zero attached hydrogens (tertiary/aromatic N) is 1. The maximum absolute atomic E-state index is 12.8. The fraction of sp³-hybridized carbons (Fsp3) is 0.500. The zero-order valence-corrected chi connectivity index (χ0v) is 15.0. The predicted molar refractivity (Wildman–Crippen MR) is 92.1 cm³/mol. The number of hydrogen-bond acceptors (Lipinski definition) is 6. The number of halogens is 1. The number of morpholine rings is 1. The van der Waals surface area contributed by atoms with Crippen LogP contribution in [-0.2, 0) is 19.6 Å². The van der Waals surface area contributed by atoms with Crippen LogP contribution in [0, 0.1) is 0 Å². The summed E-state index contributed by atoms with van der Waals surface area (Å²) in [5.74, 6) is -0.145. The van der Waals surface area contributed by atoms with E-state index in [1.165, 1.54) is 16.4 Å². The van der Waals surface area contributed by atoms with Gasteiger partial charge in [0, 0.05) is 18.8 Å². The van der Waals surface area contributed by atoms with Crippen LogP contribution < -0.4 is 15.8 Å². The van der Waals surface area contributed by atoms with Crippen molar-refractivity contribution < 1.29 is 22.7 Å². The molecule has 1 aromatic carbocycles. The van der Waals surface area contributed by atoms with Crippen molar-refractivity contribution >= 4 is 34.0 Å². The van der Waals surface area contributed by atoms with Crippen LogP contribution in [0.4, 0.5) is 5.69 Å². The lowest BCUT2D eigenvalue weighted by atomic mass is 10.3. The van der Waals surface area contributed by atoms with E-state index in [1.807, 2.05) is 0 Å². The summed E-state index contributed by atoms with van der Waals surface area (Å²) < 4.78 is 37.7. The number of ether oxygens (including phenoxy) is 2. The normalized spacial score (nSPS) is 15.4. The van der Waals surface area contributed by atoms with Crippen LogP contribution in [0.2, 0.25) is 0 Å². The van der Waals surface area contributed by atoms with Gasteiger partial charge in [0.2, 0.25) is 15.9 Å². The van der Waals surface area contributed by atoms with E-state index >= 15 is 0 Å². The average Bonchev–Trinajstić information content (AvgIpc) is 2.57. The van der Waals surface area contributed by atoms with Crippen LogP contribution in [0.3, 0.4) is 0 Å². The van der Waals surface area contributed by atoms with Crippen molar-refractivity contribution in [1.82, 2.24) is 4.31 Å². The van der Waals surface area contributed by atoms with Gasteiger partial charge in [-0.25, -0.2) is 8.42 Å². The van der Waals surface area contributed by atoms with Crippen molar-refractivity contribution in [3.63, 3.8) is 0 Å². The molecule has 1 aromatic rings. The molecule has 1 heterocycles. The van der Waals surface area contributed by atoms with Gasteiger partial charge in [0.15, 0.2) is 0 Å². The first-order chi connectivity index (χ1) is 11.0. The first-order valence-corrected chi connectivity index (χ1v) is 8.77. The minimum atomic E-state index is -3.73. The number of hydrogen-bond donors (Lipinski definition) is 2. The molecule has 0 atom stereocenters. The maximum atomic E-state index is 12.8. The van der Waals surface area contributed by atoms with Crippen molar-refractivity contribution in [2.75, 3.05) is 44.8 Å². The lowest BCUT2D eigenvalue weighted by Crippen LogP contribution is -2.40. The first kappa shape index (κ1) is 20.7. The second kappa shape index (κ2) is 9.19. The Balaban J connectivity index is 0.00000288. The summed E-state index contributed by atoms with van der Waals surface area (Å²) in [5.41, 5.74) is 5.62. The molecule has 1 aliphatic heterocycles. The van der Waals surface area contributed by atoms with E-state index < -0.39 is 15.9 Å². The number of anilines is 1. The largest absolute Gasteiger partial charge is 0.492 e. The summed E-state index contributed by atoms with van der Waals surface area (Å²) in [4.78, 5) is 11.4. The van der Waals surface area contributed by atoms with E-state index in [4.69, 9.17) is 15.2 Å². The Morgan fingerprint density at radius 3 is 2.62 bits per heavy atom. The fourth-order valence-electron chi connectivity index (χ4n) is 2.20. The molecular weight excluding hydrogens is 358 g/mol. The second-order valence-electron chi connectivity index (χ2n) is 4.86. The Hall–Kier alpha value is -1.39. The highest BCUT2D eigenvalue weighted by Crippen LogP contribution is 2.30. The third kappa shape index (κ3) is 4.81. The highest BCUT2D eigenvalue weighted by molar-refractivity contribution is 7.89. The van der Waals surface area contributed by atoms with Gasteiger partial charge in [-0.2, -0.15) is 4.31 Å². The number of carbonyl (C=O) groups is 1. The van der Waals surface area contributed by atoms with Gasteiger partial charge in [-0.05, 0) is 25.1 Å². The van der Waals surface area contributed by atoms with E-state index in [0.29, 0.717) is 25.5 Å². The van der Waals surface area contributed by atoms with Gasteiger partial charge in [0.05, 0.1) is 26.4 Å². The number of amides is 1. The summed E-state index contributed by atoms with van der Waals surface area (Å²) in [6, 6.07) is 4.50. The molecular formula is C14H22ClN3O5S. The van der Waals surface area contributed by atoms with Crippen LogP contribution >= 0.6 is 12.4 Å². The Morgan fingerprint density at radius 1 is 1.38 bits per heavy atom. The maximum Gasteiger partial charge on any atom is 0.246 e. The number of sulfonamides is 1. The Morgan fingerprint density at radius 2 is 2.04 bits per heavy atom. The molecule has 0 spiro atoms. The molecule has 1 aliphatic rings. The highest BCUT2D eigenvalue weighted by Gasteiger charge is 2.29. The van der Waals surface area contributed by atoms with E-state index in [1.54, 1.807) is 13.0 Å². The molecule has 0 radical (unpaired) electrons. The zero-order valence-electron chi connectivity index (χ0n) is 13.4. The number of carbonyl (C=O) groups excluding carboxylic acids is 1. The molecule has 1 saturated heterocycles. The van der Waals surface area contributed by atoms with Gasteiger partial charge in [0.25, 0.3) is 0 Å². The molecule has 2 rings (SSSR count). The molecule has 0 aromatic heterocycles. The number of benzene rings is 1. The van der Waals surface area contributed by atoms with Gasteiger partial charge < -0.3 is 20.5 Å². The number of nitrogens with two attached hydrogens (primary N) is 1. The van der Waals surface area contributed by atoms with Crippen molar-refractivity contribution in [2.45, 2.75) is 11.8 Å². The van der Waals surface area contributed by atoms with Crippen LogP contribution in [0.25, 0.3) is 0 Å². The molecule has 24 heavy (non-hydrogen) atoms. The van der Waals surface area contributed by atoms with Crippen LogP contribution in [0.15, 0.2) is 23.1 Å². The third-order valence-corrected chi connectivity index (χ3v) is 5.22. The van der Waals surface area contributed by atoms with Crippen LogP contribution in [-0.4, -0.2) is 58.1 Å². The molecule has 3 N–H and O–H groups in total. The number of rotatable bonds is 6. The first-order valence-electron chi connectivity index (χ1n) is 7.33. The molecule has 0 aliphatic carbocycles. The van der Waals surface area contributed by atoms with Gasteiger partial charge in [-0.1, -0.05) is 0 Å². The van der Waals surface area contributed by atoms with Crippen molar-refractivity contribution in [2.24, 2.45) is 5.73 Å². The minimum Gasteiger partial charge on any atom is -0.492 e. The van der Waals surface area contributed by atoms with Crippen molar-refractivity contribution in [1.29, 1.82) is 0 Å². The summed E-state index contributed by atoms with van der Waals surface area (Å²) in [5, 5.41) is 2.55. The van der Waals surface area contributed by atoms with Crippen LogP contribution in [0.1, 0.15) is 6.92 Å². The molecule has 10 heteroatoms. The molecule has 136 valence electrons. The topological polar surface area (TPSA) is 111 Å². The van der Waals surface area contributed by atoms with Gasteiger partial charge in [-0.3, -0.25) is 4.79 Å². The molecule has 0 bridgehead atoms. The summed E-state index contributed by atoms with van der Waals surface area (Å²) in [6.45, 7) is 3.20. The van der Waals surface area contributed by atoms with Gasteiger partial charge >= 0.3 is 0 Å². The second-order valence-corrected chi connectivity index (χ2v) is 6.77. The number of nitrogens with one attached hydrogen (secondary N) is 1. The predicted octanol–water partition coefficient (Wildman–Crippen LogP) is 0.425. The monoisotopic (exact) mass is 379 g/mol. The lowest BCUT2D eigenvalue weighted by molar-refractivity contribution is -0.114. The van der Waals surface area contributed by atoms with E-state index in [9.17, 15) is 13.2 Å². The quantitative estimate of drug-likeness (QED) is 0.741. The smallest absolute Gasteiger partial charge is 0.246 e. The lowest BCUT2D eigenvalue weighted by Gasteiger charge is -2.27. The highest BCUT2D eigenvalue weighted by atomic mass is 35.5. The molecule has 1 amide bonds. The van der Waals surface area contributed by atoms with E-state index in [-0.39, 0.29) is 42.7 Å². The zero-order chi connectivity index (χ0) is 16.9.